The van der Waals surface area contributed by atoms with E-state index in [1.165, 1.54) is 18.2 Å². The number of halogens is 2. The van der Waals surface area contributed by atoms with Gasteiger partial charge in [-0.1, -0.05) is 37.0 Å². The van der Waals surface area contributed by atoms with E-state index in [-0.39, 0.29) is 45.8 Å². The van der Waals surface area contributed by atoms with E-state index in [1.54, 1.807) is 13.0 Å². The van der Waals surface area contributed by atoms with E-state index in [9.17, 15) is 14.4 Å². The van der Waals surface area contributed by atoms with E-state index < -0.39 is 23.1 Å². The van der Waals surface area contributed by atoms with Gasteiger partial charge in [-0.05, 0) is 25.0 Å². The van der Waals surface area contributed by atoms with E-state index in [0.29, 0.717) is 5.56 Å². The second-order valence-corrected chi connectivity index (χ2v) is 7.67. The Hall–Kier alpha value is -3.95. The molecule has 3 aromatic rings. The zero-order valence-corrected chi connectivity index (χ0v) is 19.5. The molecular weight excluding hydrogens is 491 g/mol. The van der Waals surface area contributed by atoms with Crippen LogP contribution in [0, 0.1) is 11.3 Å². The molecule has 0 saturated carbocycles. The number of hydrogen-bond acceptors (Lipinski definition) is 10. The highest BCUT2D eigenvalue weighted by Gasteiger charge is 2.19. The van der Waals surface area contributed by atoms with Gasteiger partial charge in [-0.2, -0.15) is 9.94 Å². The van der Waals surface area contributed by atoms with Gasteiger partial charge in [0.25, 0.3) is 5.56 Å². The third-order valence-electron chi connectivity index (χ3n) is 4.20. The molecule has 1 aromatic carbocycles. The van der Waals surface area contributed by atoms with Gasteiger partial charge in [0.1, 0.15) is 6.07 Å². The number of benzene rings is 1. The second-order valence-electron chi connectivity index (χ2n) is 6.85. The van der Waals surface area contributed by atoms with Crippen molar-refractivity contribution in [2.75, 3.05) is 6.61 Å². The average molecular weight is 507 g/mol. The number of carbonyl (C=O) groups is 1. The predicted molar refractivity (Wildman–Crippen MR) is 119 cm³/mol. The molecule has 0 aliphatic rings. The summed E-state index contributed by atoms with van der Waals surface area (Å²) in [4.78, 5) is 37.3. The molecule has 3 rings (SSSR count). The lowest BCUT2D eigenvalue weighted by atomic mass is 10.1. The maximum Gasteiger partial charge on any atom is 0.515 e. The molecule has 2 aromatic heterocycles. The molecular formula is C20H16Cl2N6O6. The van der Waals surface area contributed by atoms with E-state index in [2.05, 4.69) is 15.3 Å². The molecule has 176 valence electrons. The summed E-state index contributed by atoms with van der Waals surface area (Å²) >= 11 is 12.6. The molecule has 0 spiro atoms. The Morgan fingerprint density at radius 2 is 1.88 bits per heavy atom. The maximum atomic E-state index is 12.1. The molecule has 0 aliphatic carbocycles. The van der Waals surface area contributed by atoms with Crippen LogP contribution in [-0.4, -0.2) is 37.7 Å². The van der Waals surface area contributed by atoms with Gasteiger partial charge < -0.3 is 14.2 Å². The fourth-order valence-electron chi connectivity index (χ4n) is 2.66. The average Bonchev–Trinajstić information content (AvgIpc) is 2.77. The van der Waals surface area contributed by atoms with Crippen molar-refractivity contribution in [2.45, 2.75) is 26.7 Å². The summed E-state index contributed by atoms with van der Waals surface area (Å²) in [6, 6.07) is 5.68. The van der Waals surface area contributed by atoms with Crippen molar-refractivity contribution >= 4 is 29.4 Å². The maximum absolute atomic E-state index is 12.1. The molecule has 0 unspecified atom stereocenters. The number of hydrogen-bond donors (Lipinski definition) is 1. The quantitative estimate of drug-likeness (QED) is 0.490. The van der Waals surface area contributed by atoms with Gasteiger partial charge in [0.05, 0.1) is 22.3 Å². The lowest BCUT2D eigenvalue weighted by Crippen LogP contribution is -2.33. The van der Waals surface area contributed by atoms with Crippen molar-refractivity contribution in [1.29, 1.82) is 5.26 Å². The van der Waals surface area contributed by atoms with Crippen LogP contribution in [0.15, 0.2) is 27.8 Å². The summed E-state index contributed by atoms with van der Waals surface area (Å²) in [6.45, 7) is 5.46. The number of aromatic amines is 1. The van der Waals surface area contributed by atoms with Crippen LogP contribution in [0.4, 0.5) is 4.79 Å². The molecule has 34 heavy (non-hydrogen) atoms. The van der Waals surface area contributed by atoms with Crippen molar-refractivity contribution < 1.29 is 19.0 Å². The Kier molecular flexibility index (Phi) is 7.50. The molecule has 2 heterocycles. The smallest absolute Gasteiger partial charge is 0.434 e. The lowest BCUT2D eigenvalue weighted by molar-refractivity contribution is 0.101. The Morgan fingerprint density at radius 1 is 1.21 bits per heavy atom. The van der Waals surface area contributed by atoms with Gasteiger partial charge in [0.2, 0.25) is 17.5 Å². The minimum absolute atomic E-state index is 0.00237. The Labute approximate surface area is 201 Å². The van der Waals surface area contributed by atoms with Crippen LogP contribution in [0.2, 0.25) is 10.0 Å². The third-order valence-corrected chi connectivity index (χ3v) is 4.76. The Bertz CT molecular complexity index is 1390. The van der Waals surface area contributed by atoms with Crippen LogP contribution in [0.1, 0.15) is 37.9 Å². The summed E-state index contributed by atoms with van der Waals surface area (Å²) in [5, 5.41) is 20.4. The van der Waals surface area contributed by atoms with Crippen molar-refractivity contribution in [3.05, 3.63) is 60.3 Å². The first-order valence-electron chi connectivity index (χ1n) is 9.67. The fourth-order valence-corrected chi connectivity index (χ4v) is 3.22. The van der Waals surface area contributed by atoms with Gasteiger partial charge in [-0.15, -0.1) is 15.3 Å². The van der Waals surface area contributed by atoms with E-state index in [1.807, 2.05) is 18.8 Å². The summed E-state index contributed by atoms with van der Waals surface area (Å²) in [6.07, 6.45) is -0.917. The molecule has 0 radical (unpaired) electrons. The zero-order chi connectivity index (χ0) is 25.0. The molecule has 0 fully saturated rings. The third kappa shape index (κ3) is 5.33. The largest absolute Gasteiger partial charge is 0.515 e. The number of nitrogens with zero attached hydrogens (tertiary/aromatic N) is 5. The first-order valence-corrected chi connectivity index (χ1v) is 10.4. The van der Waals surface area contributed by atoms with Crippen LogP contribution < -0.4 is 20.7 Å². The first kappa shape index (κ1) is 24.7. The Balaban J connectivity index is 1.96. The van der Waals surface area contributed by atoms with Crippen LogP contribution in [0.3, 0.4) is 0 Å². The van der Waals surface area contributed by atoms with Crippen LogP contribution >= 0.6 is 23.2 Å². The number of ether oxygens (including phenoxy) is 3. The van der Waals surface area contributed by atoms with Gasteiger partial charge in [0.15, 0.2) is 5.75 Å². The zero-order valence-electron chi connectivity index (χ0n) is 18.0. The molecule has 0 bridgehead atoms. The summed E-state index contributed by atoms with van der Waals surface area (Å²) < 4.78 is 16.3. The van der Waals surface area contributed by atoms with Gasteiger partial charge in [-0.25, -0.2) is 9.59 Å². The molecule has 0 atom stereocenters. The number of carbonyl (C=O) groups excluding carboxylic acids is 1. The topological polar surface area (TPSA) is 162 Å². The summed E-state index contributed by atoms with van der Waals surface area (Å²) in [5.41, 5.74) is -1.75. The van der Waals surface area contributed by atoms with Crippen LogP contribution in [-0.2, 0) is 4.74 Å². The van der Waals surface area contributed by atoms with E-state index in [0.717, 1.165) is 4.68 Å². The number of nitriles is 1. The van der Waals surface area contributed by atoms with Gasteiger partial charge >= 0.3 is 11.8 Å². The first-order chi connectivity index (χ1) is 16.1. The molecule has 0 amide bonds. The standard InChI is InChI=1S/C20H16Cl2N6O6/c1-4-32-20(31)34-18-11(9(2)3)7-15(25-26-18)33-16-12(21)5-10(6-13(16)22)28-19(30)24-17(29)14(8-23)27-28/h5-7,9H,4H2,1-3H3,(H,24,29,30). The lowest BCUT2D eigenvalue weighted by Gasteiger charge is -2.14. The number of nitrogens with one attached hydrogen (secondary N) is 1. The van der Waals surface area contributed by atoms with Crippen molar-refractivity contribution in [2.24, 2.45) is 0 Å². The minimum Gasteiger partial charge on any atom is -0.434 e. The van der Waals surface area contributed by atoms with Gasteiger partial charge in [-0.3, -0.25) is 9.78 Å². The fraction of sp³-hybridized carbons (Fsp3) is 0.250. The van der Waals surface area contributed by atoms with Crippen molar-refractivity contribution in [3.63, 3.8) is 0 Å². The number of rotatable bonds is 6. The van der Waals surface area contributed by atoms with Crippen LogP contribution in [0.5, 0.6) is 17.5 Å². The molecule has 1 N–H and O–H groups in total. The summed E-state index contributed by atoms with van der Waals surface area (Å²) in [5.74, 6) is -0.163. The molecule has 12 nitrogen and oxygen atoms in total. The number of aromatic nitrogens is 5. The minimum atomic E-state index is -0.921. The highest BCUT2D eigenvalue weighted by atomic mass is 35.5. The highest BCUT2D eigenvalue weighted by Crippen LogP contribution is 2.38. The monoisotopic (exact) mass is 506 g/mol. The van der Waals surface area contributed by atoms with Crippen molar-refractivity contribution in [1.82, 2.24) is 25.0 Å². The molecule has 0 aliphatic heterocycles. The second kappa shape index (κ2) is 10.3. The van der Waals surface area contributed by atoms with Crippen LogP contribution in [0.25, 0.3) is 5.69 Å². The normalized spacial score (nSPS) is 10.6. The van der Waals surface area contributed by atoms with Crippen molar-refractivity contribution in [3.8, 4) is 29.3 Å². The highest BCUT2D eigenvalue weighted by molar-refractivity contribution is 6.37. The molecule has 14 heteroatoms. The van der Waals surface area contributed by atoms with Gasteiger partial charge in [0, 0.05) is 11.6 Å². The van der Waals surface area contributed by atoms with E-state index >= 15 is 0 Å². The van der Waals surface area contributed by atoms with E-state index in [4.69, 9.17) is 42.7 Å². The summed E-state index contributed by atoms with van der Waals surface area (Å²) in [7, 11) is 0. The molecule has 0 saturated heterocycles. The predicted octanol–water partition coefficient (Wildman–Crippen LogP) is 3.34. The number of H-pyrrole nitrogens is 1. The SMILES string of the molecule is CCOC(=O)Oc1nnc(Oc2c(Cl)cc(-n3nc(C#N)c(=O)[nH]c3=O)cc2Cl)cc1C(C)C. The Morgan fingerprint density at radius 3 is 2.47 bits per heavy atom.